The Balaban J connectivity index is 1.51. The molecule has 0 aliphatic carbocycles. The van der Waals surface area contributed by atoms with Crippen LogP contribution in [0, 0.1) is 0 Å². The summed E-state index contributed by atoms with van der Waals surface area (Å²) in [5.41, 5.74) is 3.90. The van der Waals surface area contributed by atoms with Crippen molar-refractivity contribution in [2.45, 2.75) is 20.1 Å². The van der Waals surface area contributed by atoms with Crippen molar-refractivity contribution in [3.8, 4) is 0 Å². The summed E-state index contributed by atoms with van der Waals surface area (Å²) in [7, 11) is 1.95. The highest BCUT2D eigenvalue weighted by Gasteiger charge is 2.13. The molecule has 7 heteroatoms. The predicted molar refractivity (Wildman–Crippen MR) is 121 cm³/mol. The first kappa shape index (κ1) is 21.8. The molecule has 0 radical (unpaired) electrons. The molecule has 2 aromatic carbocycles. The molecule has 1 aromatic heterocycles. The van der Waals surface area contributed by atoms with E-state index in [1.807, 2.05) is 73.5 Å². The van der Waals surface area contributed by atoms with Crippen molar-refractivity contribution in [2.75, 3.05) is 23.8 Å². The normalized spacial score (nSPS) is 10.3. The Bertz CT molecular complexity index is 1010. The van der Waals surface area contributed by atoms with Gasteiger partial charge in [-0.15, -0.1) is 0 Å². The summed E-state index contributed by atoms with van der Waals surface area (Å²) in [4.78, 5) is 30.6. The number of amides is 2. The van der Waals surface area contributed by atoms with E-state index in [0.29, 0.717) is 17.8 Å². The monoisotopic (exact) mass is 418 g/mol. The average Bonchev–Trinajstić information content (AvgIpc) is 2.82. The Morgan fingerprint density at radius 2 is 1.77 bits per heavy atom. The standard InChI is InChI=1S/C24H26N4O3/c1-3-28(2)22-9-5-4-8-21(22)23(29)27-20-12-10-18(11-13-20)16-26-24(30)31-17-19-7-6-14-25-15-19/h4-15H,3,16-17H2,1-2H3,(H,26,30)(H,27,29). The highest BCUT2D eigenvalue weighted by atomic mass is 16.5. The molecule has 0 saturated heterocycles. The largest absolute Gasteiger partial charge is 0.445 e. The first-order valence-corrected chi connectivity index (χ1v) is 10.1. The summed E-state index contributed by atoms with van der Waals surface area (Å²) in [5, 5.41) is 5.63. The van der Waals surface area contributed by atoms with Crippen molar-refractivity contribution in [2.24, 2.45) is 0 Å². The topological polar surface area (TPSA) is 83.6 Å². The van der Waals surface area contributed by atoms with Gasteiger partial charge in [0.05, 0.1) is 5.56 Å². The zero-order valence-electron chi connectivity index (χ0n) is 17.7. The number of nitrogens with one attached hydrogen (secondary N) is 2. The molecular weight excluding hydrogens is 392 g/mol. The Morgan fingerprint density at radius 3 is 2.48 bits per heavy atom. The number of carbonyl (C=O) groups is 2. The fourth-order valence-electron chi connectivity index (χ4n) is 2.93. The van der Waals surface area contributed by atoms with E-state index in [4.69, 9.17) is 4.74 Å². The van der Waals surface area contributed by atoms with Crippen LogP contribution in [0.25, 0.3) is 0 Å². The molecule has 0 atom stereocenters. The maximum atomic E-state index is 12.7. The van der Waals surface area contributed by atoms with Crippen molar-refractivity contribution in [1.82, 2.24) is 10.3 Å². The van der Waals surface area contributed by atoms with Crippen LogP contribution in [0.15, 0.2) is 73.1 Å². The predicted octanol–water partition coefficient (Wildman–Crippen LogP) is 4.22. The lowest BCUT2D eigenvalue weighted by Crippen LogP contribution is -2.23. The third kappa shape index (κ3) is 6.30. The summed E-state index contributed by atoms with van der Waals surface area (Å²) in [5.74, 6) is -0.166. The summed E-state index contributed by atoms with van der Waals surface area (Å²) < 4.78 is 5.16. The summed E-state index contributed by atoms with van der Waals surface area (Å²) in [6.45, 7) is 3.33. The number of pyridine rings is 1. The van der Waals surface area contributed by atoms with Gasteiger partial charge in [-0.3, -0.25) is 9.78 Å². The molecule has 3 rings (SSSR count). The fraction of sp³-hybridized carbons (Fsp3) is 0.208. The van der Waals surface area contributed by atoms with E-state index in [1.165, 1.54) is 0 Å². The number of alkyl carbamates (subject to hydrolysis) is 1. The zero-order valence-corrected chi connectivity index (χ0v) is 17.7. The smallest absolute Gasteiger partial charge is 0.407 e. The van der Waals surface area contributed by atoms with Crippen molar-refractivity contribution < 1.29 is 14.3 Å². The van der Waals surface area contributed by atoms with Crippen LogP contribution >= 0.6 is 0 Å². The van der Waals surface area contributed by atoms with Crippen molar-refractivity contribution >= 4 is 23.4 Å². The molecule has 160 valence electrons. The van der Waals surface area contributed by atoms with Crippen LogP contribution in [0.2, 0.25) is 0 Å². The van der Waals surface area contributed by atoms with Gasteiger partial charge in [-0.2, -0.15) is 0 Å². The quantitative estimate of drug-likeness (QED) is 0.572. The lowest BCUT2D eigenvalue weighted by Gasteiger charge is -2.20. The molecule has 0 spiro atoms. The first-order chi connectivity index (χ1) is 15.1. The molecule has 2 amide bonds. The van der Waals surface area contributed by atoms with Gasteiger partial charge in [-0.25, -0.2) is 4.79 Å². The van der Waals surface area contributed by atoms with Crippen molar-refractivity contribution in [1.29, 1.82) is 0 Å². The van der Waals surface area contributed by atoms with Crippen LogP contribution in [-0.4, -0.2) is 30.6 Å². The van der Waals surface area contributed by atoms with Gasteiger partial charge in [0.25, 0.3) is 5.91 Å². The minimum atomic E-state index is -0.502. The molecule has 3 aromatic rings. The van der Waals surface area contributed by atoms with Crippen LogP contribution in [0.1, 0.15) is 28.4 Å². The Morgan fingerprint density at radius 1 is 1.00 bits per heavy atom. The second kappa shape index (κ2) is 10.8. The van der Waals surface area contributed by atoms with E-state index in [0.717, 1.165) is 23.4 Å². The van der Waals surface area contributed by atoms with Crippen molar-refractivity contribution in [3.63, 3.8) is 0 Å². The second-order valence-corrected chi connectivity index (χ2v) is 6.97. The highest BCUT2D eigenvalue weighted by molar-refractivity contribution is 6.08. The van der Waals surface area contributed by atoms with Crippen molar-refractivity contribution in [3.05, 3.63) is 89.7 Å². The number of benzene rings is 2. The van der Waals surface area contributed by atoms with Gasteiger partial charge in [0.2, 0.25) is 0 Å². The van der Waals surface area contributed by atoms with Gasteiger partial charge in [0.1, 0.15) is 6.61 Å². The van der Waals surface area contributed by atoms with Crippen LogP contribution in [0.3, 0.4) is 0 Å². The third-order valence-electron chi connectivity index (χ3n) is 4.78. The lowest BCUT2D eigenvalue weighted by atomic mass is 10.1. The van der Waals surface area contributed by atoms with Gasteiger partial charge >= 0.3 is 6.09 Å². The first-order valence-electron chi connectivity index (χ1n) is 10.1. The summed E-state index contributed by atoms with van der Waals surface area (Å²) in [6.07, 6.45) is 2.81. The molecule has 0 aliphatic heterocycles. The molecule has 0 fully saturated rings. The van der Waals surface area contributed by atoms with E-state index in [9.17, 15) is 9.59 Å². The SMILES string of the molecule is CCN(C)c1ccccc1C(=O)Nc1ccc(CNC(=O)OCc2cccnc2)cc1. The van der Waals surface area contributed by atoms with E-state index < -0.39 is 6.09 Å². The zero-order chi connectivity index (χ0) is 22.1. The average molecular weight is 418 g/mol. The summed E-state index contributed by atoms with van der Waals surface area (Å²) >= 11 is 0. The minimum absolute atomic E-state index is 0.166. The molecule has 1 heterocycles. The van der Waals surface area contributed by atoms with Gasteiger partial charge in [-0.05, 0) is 42.8 Å². The van der Waals surface area contributed by atoms with Crippen LogP contribution in [0.5, 0.6) is 0 Å². The molecular formula is C24H26N4O3. The van der Waals surface area contributed by atoms with Gasteiger partial charge in [0, 0.05) is 49.5 Å². The van der Waals surface area contributed by atoms with Crippen LogP contribution < -0.4 is 15.5 Å². The van der Waals surface area contributed by atoms with E-state index in [-0.39, 0.29) is 12.5 Å². The number of anilines is 2. The molecule has 0 saturated carbocycles. The number of aromatic nitrogens is 1. The van der Waals surface area contributed by atoms with Crippen LogP contribution in [-0.2, 0) is 17.9 Å². The Hall–Kier alpha value is -3.87. The number of hydrogen-bond donors (Lipinski definition) is 2. The molecule has 31 heavy (non-hydrogen) atoms. The highest BCUT2D eigenvalue weighted by Crippen LogP contribution is 2.20. The Labute approximate surface area is 182 Å². The number of carbonyl (C=O) groups excluding carboxylic acids is 2. The molecule has 7 nitrogen and oxygen atoms in total. The Kier molecular flexibility index (Phi) is 7.59. The molecule has 0 aliphatic rings. The summed E-state index contributed by atoms with van der Waals surface area (Å²) in [6, 6.07) is 18.5. The maximum absolute atomic E-state index is 12.7. The molecule has 0 unspecified atom stereocenters. The molecule has 0 bridgehead atoms. The van der Waals surface area contributed by atoms with Crippen LogP contribution in [0.4, 0.5) is 16.2 Å². The third-order valence-corrected chi connectivity index (χ3v) is 4.78. The minimum Gasteiger partial charge on any atom is -0.445 e. The van der Waals surface area contributed by atoms with Gasteiger partial charge in [-0.1, -0.05) is 30.3 Å². The van der Waals surface area contributed by atoms with E-state index in [2.05, 4.69) is 15.6 Å². The number of para-hydroxylation sites is 1. The number of rotatable bonds is 8. The molecule has 2 N–H and O–H groups in total. The number of hydrogen-bond acceptors (Lipinski definition) is 5. The number of ether oxygens (including phenoxy) is 1. The van der Waals surface area contributed by atoms with Gasteiger partial charge < -0.3 is 20.3 Å². The maximum Gasteiger partial charge on any atom is 0.407 e. The van der Waals surface area contributed by atoms with E-state index in [1.54, 1.807) is 18.5 Å². The van der Waals surface area contributed by atoms with Gasteiger partial charge in [0.15, 0.2) is 0 Å². The number of nitrogens with zero attached hydrogens (tertiary/aromatic N) is 2. The lowest BCUT2D eigenvalue weighted by molar-refractivity contribution is 0.102. The fourth-order valence-corrected chi connectivity index (χ4v) is 2.93. The van der Waals surface area contributed by atoms with E-state index >= 15 is 0 Å². The second-order valence-electron chi connectivity index (χ2n) is 6.97.